The van der Waals surface area contributed by atoms with Crippen LogP contribution in [0.25, 0.3) is 0 Å². The van der Waals surface area contributed by atoms with Crippen molar-refractivity contribution in [2.45, 2.75) is 0 Å². The lowest BCUT2D eigenvalue weighted by Crippen LogP contribution is -2.13. The number of benzene rings is 2. The van der Waals surface area contributed by atoms with Gasteiger partial charge in [0.15, 0.2) is 5.69 Å². The number of amides is 1. The van der Waals surface area contributed by atoms with Crippen molar-refractivity contribution in [1.29, 1.82) is 0 Å². The van der Waals surface area contributed by atoms with Gasteiger partial charge >= 0.3 is 0 Å². The number of rotatable bonds is 6. The molecular weight excluding hydrogens is 409 g/mol. The highest BCUT2D eigenvalue weighted by Crippen LogP contribution is 2.20. The first-order valence-corrected chi connectivity index (χ1v) is 8.02. The summed E-state index contributed by atoms with van der Waals surface area (Å²) in [6.45, 7) is 0. The van der Waals surface area contributed by atoms with Crippen LogP contribution in [0.15, 0.2) is 62.8 Å². The van der Waals surface area contributed by atoms with Gasteiger partial charge in [0.2, 0.25) is 5.82 Å². The maximum atomic E-state index is 13.1. The fourth-order valence-electron chi connectivity index (χ4n) is 1.85. The second kappa shape index (κ2) is 8.21. The molecule has 0 aliphatic rings. The third kappa shape index (κ3) is 4.42. The van der Waals surface area contributed by atoms with Gasteiger partial charge in [-0.25, -0.2) is 9.02 Å². The summed E-state index contributed by atoms with van der Waals surface area (Å²) in [5.41, 5.74) is 3.60. The predicted molar refractivity (Wildman–Crippen MR) is 95.1 cm³/mol. The summed E-state index contributed by atoms with van der Waals surface area (Å²) in [5, 5.41) is 13.4. The summed E-state index contributed by atoms with van der Waals surface area (Å²) in [6, 6.07) is 12.8. The second-order valence-corrected chi connectivity index (χ2v) is 5.73. The molecular formula is C16H11BrFN5O3. The Kier molecular flexibility index (Phi) is 5.54. The minimum Gasteiger partial charge on any atom is -0.302 e. The van der Waals surface area contributed by atoms with Gasteiger partial charge in [0, 0.05) is 5.56 Å². The molecule has 0 aliphatic heterocycles. The van der Waals surface area contributed by atoms with E-state index in [2.05, 4.69) is 46.8 Å². The minimum atomic E-state index is -0.397. The number of hydrogen-bond acceptors (Lipinski definition) is 7. The number of aromatic nitrogens is 2. The first-order valence-electron chi connectivity index (χ1n) is 7.23. The molecule has 3 rings (SSSR count). The molecule has 8 nitrogen and oxygen atoms in total. The van der Waals surface area contributed by atoms with E-state index < -0.39 is 5.82 Å². The molecule has 0 aliphatic carbocycles. The van der Waals surface area contributed by atoms with Crippen molar-refractivity contribution in [2.75, 3.05) is 10.8 Å². The third-order valence-corrected chi connectivity index (χ3v) is 3.70. The van der Waals surface area contributed by atoms with Crippen LogP contribution < -0.4 is 10.8 Å². The van der Waals surface area contributed by atoms with E-state index in [4.69, 9.17) is 4.94 Å². The summed E-state index contributed by atoms with van der Waals surface area (Å²) in [4.78, 5) is 17.0. The number of halogens is 2. The molecule has 3 aromatic rings. The number of nitrogens with one attached hydrogen (secondary N) is 2. The average molecular weight is 420 g/mol. The molecule has 0 fully saturated rings. The Labute approximate surface area is 155 Å². The van der Waals surface area contributed by atoms with Gasteiger partial charge in [0.25, 0.3) is 5.91 Å². The fraction of sp³-hybridized carbons (Fsp3) is 0. The molecule has 2 aromatic carbocycles. The molecule has 0 atom stereocenters. The van der Waals surface area contributed by atoms with Crippen LogP contribution in [0.3, 0.4) is 0 Å². The normalized spacial score (nSPS) is 10.7. The molecule has 2 N–H and O–H groups in total. The molecule has 0 spiro atoms. The van der Waals surface area contributed by atoms with Crippen LogP contribution in [0.5, 0.6) is 0 Å². The van der Waals surface area contributed by atoms with Crippen LogP contribution in [-0.2, 0) is 4.94 Å². The summed E-state index contributed by atoms with van der Waals surface area (Å²) in [5.74, 6) is -0.673. The van der Waals surface area contributed by atoms with E-state index in [1.54, 1.807) is 30.3 Å². The predicted octanol–water partition coefficient (Wildman–Crippen LogP) is 3.60. The van der Waals surface area contributed by atoms with E-state index in [0.717, 1.165) is 0 Å². The van der Waals surface area contributed by atoms with Gasteiger partial charge in [-0.05, 0) is 56.6 Å². The van der Waals surface area contributed by atoms with Crippen LogP contribution in [0.1, 0.15) is 16.1 Å². The maximum absolute atomic E-state index is 13.1. The first-order chi connectivity index (χ1) is 12.6. The zero-order valence-corrected chi connectivity index (χ0v) is 14.6. The summed E-state index contributed by atoms with van der Waals surface area (Å²) < 4.78 is 18.0. The van der Waals surface area contributed by atoms with Gasteiger partial charge in [-0.15, -0.1) is 0 Å². The fourth-order valence-corrected chi connectivity index (χ4v) is 2.23. The van der Waals surface area contributed by atoms with E-state index in [-0.39, 0.29) is 21.9 Å². The van der Waals surface area contributed by atoms with E-state index in [9.17, 15) is 9.18 Å². The molecule has 26 heavy (non-hydrogen) atoms. The molecule has 1 aromatic heterocycles. The number of hydrogen-bond donors (Lipinski definition) is 2. The Morgan fingerprint density at radius 3 is 2.81 bits per heavy atom. The van der Waals surface area contributed by atoms with Crippen LogP contribution in [0.4, 0.5) is 15.9 Å². The Balaban J connectivity index is 1.59. The summed E-state index contributed by atoms with van der Waals surface area (Å²) in [7, 11) is 0. The number of oxime groups is 1. The van der Waals surface area contributed by atoms with Gasteiger partial charge in [-0.2, -0.15) is 5.48 Å². The highest BCUT2D eigenvalue weighted by atomic mass is 79.9. The van der Waals surface area contributed by atoms with Crippen LogP contribution in [0, 0.1) is 5.82 Å². The van der Waals surface area contributed by atoms with Crippen molar-refractivity contribution >= 4 is 39.6 Å². The topological polar surface area (TPSA) is 102 Å². The second-order valence-electron chi connectivity index (χ2n) is 4.87. The summed E-state index contributed by atoms with van der Waals surface area (Å²) >= 11 is 3.06. The number of carbonyl (C=O) groups excluding carboxylic acids is 1. The van der Waals surface area contributed by atoms with Crippen molar-refractivity contribution in [2.24, 2.45) is 5.16 Å². The number of nitrogens with zero attached hydrogens (tertiary/aromatic N) is 3. The summed E-state index contributed by atoms with van der Waals surface area (Å²) in [6.07, 6.45) is 1.20. The van der Waals surface area contributed by atoms with Crippen molar-refractivity contribution in [3.8, 4) is 0 Å². The van der Waals surface area contributed by atoms with E-state index >= 15 is 0 Å². The molecule has 0 saturated carbocycles. The zero-order valence-electron chi connectivity index (χ0n) is 13.0. The molecule has 0 radical (unpaired) electrons. The smallest absolute Gasteiger partial charge is 0.256 e. The van der Waals surface area contributed by atoms with Crippen molar-refractivity contribution in [1.82, 2.24) is 10.3 Å². The highest BCUT2D eigenvalue weighted by molar-refractivity contribution is 9.10. The van der Waals surface area contributed by atoms with Gasteiger partial charge in [0.1, 0.15) is 12.0 Å². The van der Waals surface area contributed by atoms with Gasteiger partial charge < -0.3 is 5.32 Å². The quantitative estimate of drug-likeness (QED) is 0.467. The molecule has 1 heterocycles. The standard InChI is InChI=1S/C16H11BrFN5O3/c17-12-8-11(6-7-13(12)18)21-25-19-9-14-15(23-26-22-14)20-16(24)10-4-2-1-3-5-10/h1-9,21H,(H,20,23,24)/b19-9+. The van der Waals surface area contributed by atoms with Crippen LogP contribution >= 0.6 is 15.9 Å². The van der Waals surface area contributed by atoms with Crippen molar-refractivity contribution in [3.05, 3.63) is 70.1 Å². The number of carbonyl (C=O) groups is 1. The Morgan fingerprint density at radius 1 is 1.23 bits per heavy atom. The Hall–Kier alpha value is -3.27. The minimum absolute atomic E-state index is 0.0933. The van der Waals surface area contributed by atoms with Gasteiger partial charge in [-0.3, -0.25) is 9.73 Å². The Morgan fingerprint density at radius 2 is 2.04 bits per heavy atom. The Bertz CT molecular complexity index is 933. The largest absolute Gasteiger partial charge is 0.302 e. The van der Waals surface area contributed by atoms with E-state index in [1.165, 1.54) is 24.4 Å². The van der Waals surface area contributed by atoms with Crippen molar-refractivity contribution in [3.63, 3.8) is 0 Å². The number of anilines is 2. The average Bonchev–Trinajstić information content (AvgIpc) is 3.09. The monoisotopic (exact) mass is 419 g/mol. The lowest BCUT2D eigenvalue weighted by atomic mass is 10.2. The van der Waals surface area contributed by atoms with Crippen LogP contribution in [0.2, 0.25) is 0 Å². The molecule has 0 unspecified atom stereocenters. The van der Waals surface area contributed by atoms with E-state index in [0.29, 0.717) is 11.3 Å². The highest BCUT2D eigenvalue weighted by Gasteiger charge is 2.13. The van der Waals surface area contributed by atoms with Crippen LogP contribution in [-0.4, -0.2) is 22.4 Å². The van der Waals surface area contributed by atoms with E-state index in [1.807, 2.05) is 0 Å². The molecule has 132 valence electrons. The maximum Gasteiger partial charge on any atom is 0.256 e. The molecule has 1 amide bonds. The van der Waals surface area contributed by atoms with Gasteiger partial charge in [0.05, 0.1) is 10.2 Å². The zero-order chi connectivity index (χ0) is 18.4. The lowest BCUT2D eigenvalue weighted by Gasteiger charge is -2.03. The molecule has 0 saturated heterocycles. The lowest BCUT2D eigenvalue weighted by molar-refractivity contribution is 0.102. The SMILES string of the molecule is O=C(Nc1nonc1/C=N/ONc1ccc(F)c(Br)c1)c1ccccc1. The van der Waals surface area contributed by atoms with Gasteiger partial charge in [-0.1, -0.05) is 23.4 Å². The first kappa shape index (κ1) is 17.5. The third-order valence-electron chi connectivity index (χ3n) is 3.09. The van der Waals surface area contributed by atoms with Crippen molar-refractivity contribution < 1.29 is 18.8 Å². The molecule has 0 bridgehead atoms. The molecule has 10 heteroatoms.